The molecular weight excluding hydrogens is 380 g/mol. The molecule has 1 N–H and O–H groups in total. The quantitative estimate of drug-likeness (QED) is 0.700. The minimum absolute atomic E-state index is 0.139. The number of methoxy groups -OCH3 is 1. The van der Waals surface area contributed by atoms with Crippen molar-refractivity contribution in [1.29, 1.82) is 0 Å². The van der Waals surface area contributed by atoms with Crippen LogP contribution >= 0.6 is 15.9 Å². The van der Waals surface area contributed by atoms with Gasteiger partial charge in [0.1, 0.15) is 12.5 Å². The Morgan fingerprint density at radius 2 is 2.12 bits per heavy atom. The highest BCUT2D eigenvalue weighted by Gasteiger charge is 2.40. The van der Waals surface area contributed by atoms with Gasteiger partial charge in [0, 0.05) is 24.7 Å². The van der Waals surface area contributed by atoms with Gasteiger partial charge in [0.15, 0.2) is 0 Å². The molecule has 0 aromatic heterocycles. The number of anilines is 1. The topological polar surface area (TPSA) is 87.2 Å². The Bertz CT molecular complexity index is 637. The highest BCUT2D eigenvalue weighted by molar-refractivity contribution is 9.10. The number of para-hydroxylation sites is 1. The number of carboxylic acids is 1. The molecule has 2 amide bonds. The van der Waals surface area contributed by atoms with E-state index in [4.69, 9.17) is 9.84 Å². The van der Waals surface area contributed by atoms with Crippen LogP contribution in [0.15, 0.2) is 28.7 Å². The van der Waals surface area contributed by atoms with Crippen LogP contribution in [0.5, 0.6) is 0 Å². The number of halogens is 1. The van der Waals surface area contributed by atoms with E-state index in [1.54, 1.807) is 11.0 Å². The number of rotatable bonds is 7. The van der Waals surface area contributed by atoms with Crippen LogP contribution < -0.4 is 4.90 Å². The van der Waals surface area contributed by atoms with Crippen LogP contribution in [-0.4, -0.2) is 61.1 Å². The number of hydrogen-bond acceptors (Lipinski definition) is 4. The number of carbonyl (C=O) groups excluding carboxylic acids is 2. The molecule has 130 valence electrons. The zero-order valence-corrected chi connectivity index (χ0v) is 14.9. The fourth-order valence-corrected chi connectivity index (χ4v) is 3.17. The molecule has 1 aromatic carbocycles. The van der Waals surface area contributed by atoms with Crippen LogP contribution in [0.2, 0.25) is 0 Å². The van der Waals surface area contributed by atoms with Crippen molar-refractivity contribution < 1.29 is 24.2 Å². The first-order valence-electron chi connectivity index (χ1n) is 7.51. The third kappa shape index (κ3) is 4.12. The summed E-state index contributed by atoms with van der Waals surface area (Å²) in [4.78, 5) is 38.9. The number of aliphatic carboxylic acids is 1. The normalized spacial score (nSPS) is 17.2. The number of amides is 2. The fraction of sp³-hybridized carbons (Fsp3) is 0.438. The summed E-state index contributed by atoms with van der Waals surface area (Å²) < 4.78 is 5.68. The molecule has 0 saturated carbocycles. The largest absolute Gasteiger partial charge is 0.480 e. The Balaban J connectivity index is 2.14. The molecule has 0 spiro atoms. The molecular formula is C16H19BrN2O5. The Labute approximate surface area is 148 Å². The van der Waals surface area contributed by atoms with E-state index in [0.717, 1.165) is 9.37 Å². The molecule has 0 aliphatic carbocycles. The second-order valence-electron chi connectivity index (χ2n) is 5.43. The van der Waals surface area contributed by atoms with Gasteiger partial charge in [0.2, 0.25) is 11.8 Å². The van der Waals surface area contributed by atoms with E-state index in [-0.39, 0.29) is 19.1 Å². The van der Waals surface area contributed by atoms with Gasteiger partial charge in [-0.2, -0.15) is 0 Å². The maximum Gasteiger partial charge on any atom is 0.323 e. The molecule has 1 aliphatic heterocycles. The molecule has 0 unspecified atom stereocenters. The van der Waals surface area contributed by atoms with Crippen LogP contribution in [-0.2, 0) is 19.1 Å². The van der Waals surface area contributed by atoms with Crippen molar-refractivity contribution in [2.45, 2.75) is 6.42 Å². The van der Waals surface area contributed by atoms with Gasteiger partial charge in [-0.15, -0.1) is 0 Å². The van der Waals surface area contributed by atoms with Gasteiger partial charge in [0.05, 0.1) is 12.3 Å². The summed E-state index contributed by atoms with van der Waals surface area (Å²) in [7, 11) is 1.47. The highest BCUT2D eigenvalue weighted by atomic mass is 79.9. The van der Waals surface area contributed by atoms with Crippen molar-refractivity contribution in [3.05, 3.63) is 28.7 Å². The van der Waals surface area contributed by atoms with E-state index in [9.17, 15) is 14.4 Å². The van der Waals surface area contributed by atoms with Crippen LogP contribution in [0, 0.1) is 5.92 Å². The van der Waals surface area contributed by atoms with E-state index >= 15 is 0 Å². The van der Waals surface area contributed by atoms with Crippen LogP contribution in [0.25, 0.3) is 0 Å². The predicted molar refractivity (Wildman–Crippen MR) is 90.7 cm³/mol. The minimum atomic E-state index is -1.12. The summed E-state index contributed by atoms with van der Waals surface area (Å²) in [5.41, 5.74) is 0.708. The Hall–Kier alpha value is -1.93. The Morgan fingerprint density at radius 1 is 1.42 bits per heavy atom. The average molecular weight is 399 g/mol. The lowest BCUT2D eigenvalue weighted by Gasteiger charge is -2.23. The standard InChI is InChI=1S/C16H19BrN2O5/c1-24-9-8-18(10-14(20)21)15(22)11-6-7-19(16(11)23)13-5-3-2-4-12(13)17/h2-5,11H,6-10H2,1H3,(H,20,21)/t11-/m0/s1. The molecule has 1 saturated heterocycles. The Morgan fingerprint density at radius 3 is 2.75 bits per heavy atom. The van der Waals surface area contributed by atoms with Crippen LogP contribution in [0.4, 0.5) is 5.69 Å². The van der Waals surface area contributed by atoms with E-state index < -0.39 is 24.3 Å². The van der Waals surface area contributed by atoms with Crippen molar-refractivity contribution >= 4 is 39.4 Å². The molecule has 1 atom stereocenters. The molecule has 1 heterocycles. The van der Waals surface area contributed by atoms with E-state index in [0.29, 0.717) is 18.7 Å². The monoisotopic (exact) mass is 398 g/mol. The fourth-order valence-electron chi connectivity index (χ4n) is 2.67. The van der Waals surface area contributed by atoms with Gasteiger partial charge in [-0.1, -0.05) is 12.1 Å². The molecule has 1 fully saturated rings. The first-order valence-corrected chi connectivity index (χ1v) is 8.30. The van der Waals surface area contributed by atoms with Gasteiger partial charge in [-0.25, -0.2) is 0 Å². The Kier molecular flexibility index (Phi) is 6.33. The molecule has 24 heavy (non-hydrogen) atoms. The summed E-state index contributed by atoms with van der Waals surface area (Å²) >= 11 is 3.40. The number of carbonyl (C=O) groups is 3. The van der Waals surface area contributed by atoms with Crippen LogP contribution in [0.1, 0.15) is 6.42 Å². The molecule has 7 nitrogen and oxygen atoms in total. The molecule has 2 rings (SSSR count). The van der Waals surface area contributed by atoms with Gasteiger partial charge in [0.25, 0.3) is 0 Å². The second-order valence-corrected chi connectivity index (χ2v) is 6.28. The van der Waals surface area contributed by atoms with Gasteiger partial charge in [-0.05, 0) is 34.5 Å². The molecule has 0 radical (unpaired) electrons. The first-order chi connectivity index (χ1) is 11.5. The SMILES string of the molecule is COCCN(CC(=O)O)C(=O)[C@@H]1CCN(c2ccccc2Br)C1=O. The lowest BCUT2D eigenvalue weighted by atomic mass is 10.1. The van der Waals surface area contributed by atoms with Crippen molar-refractivity contribution in [2.75, 3.05) is 38.3 Å². The first kappa shape index (κ1) is 18.4. The van der Waals surface area contributed by atoms with Crippen molar-refractivity contribution in [1.82, 2.24) is 4.90 Å². The highest BCUT2D eigenvalue weighted by Crippen LogP contribution is 2.31. The smallest absolute Gasteiger partial charge is 0.323 e. The lowest BCUT2D eigenvalue weighted by molar-refractivity contribution is -0.148. The molecule has 8 heteroatoms. The summed E-state index contributed by atoms with van der Waals surface area (Å²) in [5, 5.41) is 8.97. The number of benzene rings is 1. The summed E-state index contributed by atoms with van der Waals surface area (Å²) in [6.45, 7) is 0.332. The van der Waals surface area contributed by atoms with Gasteiger partial charge in [-0.3, -0.25) is 14.4 Å². The average Bonchev–Trinajstić information content (AvgIpc) is 2.92. The third-order valence-electron chi connectivity index (χ3n) is 3.85. The number of carboxylic acid groups (broad SMARTS) is 1. The maximum absolute atomic E-state index is 12.6. The second kappa shape index (κ2) is 8.25. The zero-order valence-electron chi connectivity index (χ0n) is 13.3. The molecule has 1 aliphatic rings. The van der Waals surface area contributed by atoms with E-state index in [2.05, 4.69) is 15.9 Å². The summed E-state index contributed by atoms with van der Waals surface area (Å²) in [6.07, 6.45) is 0.363. The summed E-state index contributed by atoms with van der Waals surface area (Å²) in [6, 6.07) is 7.29. The number of nitrogens with zero attached hydrogens (tertiary/aromatic N) is 2. The summed E-state index contributed by atoms with van der Waals surface area (Å²) in [5.74, 6) is -2.74. The van der Waals surface area contributed by atoms with Crippen molar-refractivity contribution in [2.24, 2.45) is 5.92 Å². The number of hydrogen-bond donors (Lipinski definition) is 1. The maximum atomic E-state index is 12.6. The van der Waals surface area contributed by atoms with Crippen molar-refractivity contribution in [3.8, 4) is 0 Å². The van der Waals surface area contributed by atoms with E-state index in [1.165, 1.54) is 7.11 Å². The van der Waals surface area contributed by atoms with Crippen LogP contribution in [0.3, 0.4) is 0 Å². The van der Waals surface area contributed by atoms with Gasteiger partial charge < -0.3 is 19.6 Å². The van der Waals surface area contributed by atoms with Crippen molar-refractivity contribution in [3.63, 3.8) is 0 Å². The van der Waals surface area contributed by atoms with Gasteiger partial charge >= 0.3 is 5.97 Å². The molecule has 0 bridgehead atoms. The third-order valence-corrected chi connectivity index (χ3v) is 4.52. The van der Waals surface area contributed by atoms with E-state index in [1.807, 2.05) is 18.2 Å². The predicted octanol–water partition coefficient (Wildman–Crippen LogP) is 1.36. The molecule has 1 aromatic rings. The lowest BCUT2D eigenvalue weighted by Crippen LogP contribution is -2.44. The number of ether oxygens (including phenoxy) is 1. The minimum Gasteiger partial charge on any atom is -0.480 e. The zero-order chi connectivity index (χ0) is 17.7.